The first-order valence-electron chi connectivity index (χ1n) is 7.49. The lowest BCUT2D eigenvalue weighted by molar-refractivity contribution is -0.121. The summed E-state index contributed by atoms with van der Waals surface area (Å²) in [5, 5.41) is 6.06. The number of hydrogen-bond donors (Lipinski definition) is 3. The van der Waals surface area contributed by atoms with Crippen LogP contribution in [0.5, 0.6) is 0 Å². The first-order chi connectivity index (χ1) is 10.5. The van der Waals surface area contributed by atoms with Gasteiger partial charge in [-0.1, -0.05) is 19.1 Å². The van der Waals surface area contributed by atoms with Crippen LogP contribution < -0.4 is 15.4 Å². The molecule has 0 unspecified atom stereocenters. The predicted molar refractivity (Wildman–Crippen MR) is 87.2 cm³/mol. The van der Waals surface area contributed by atoms with Gasteiger partial charge in [0.2, 0.25) is 15.9 Å². The van der Waals surface area contributed by atoms with Crippen molar-refractivity contribution in [1.29, 1.82) is 0 Å². The zero-order chi connectivity index (χ0) is 16.4. The molecule has 0 aliphatic carbocycles. The highest BCUT2D eigenvalue weighted by atomic mass is 32.2. The van der Waals surface area contributed by atoms with Crippen molar-refractivity contribution in [1.82, 2.24) is 15.4 Å². The molecule has 1 amide bonds. The van der Waals surface area contributed by atoms with Crippen LogP contribution in [-0.2, 0) is 21.2 Å². The molecule has 6 nitrogen and oxygen atoms in total. The zero-order valence-electron chi connectivity index (χ0n) is 13.2. The van der Waals surface area contributed by atoms with Gasteiger partial charge in [-0.25, -0.2) is 13.1 Å². The van der Waals surface area contributed by atoms with E-state index in [0.29, 0.717) is 19.4 Å². The molecule has 1 aromatic rings. The van der Waals surface area contributed by atoms with Gasteiger partial charge in [0.1, 0.15) is 0 Å². The summed E-state index contributed by atoms with van der Waals surface area (Å²) in [4.78, 5) is 11.9. The molecular formula is C15H25N3O3S. The van der Waals surface area contributed by atoms with Gasteiger partial charge in [-0.05, 0) is 44.1 Å². The van der Waals surface area contributed by atoms with E-state index in [4.69, 9.17) is 0 Å². The molecule has 0 saturated heterocycles. The smallest absolute Gasteiger partial charge is 0.240 e. The molecule has 0 spiro atoms. The Bertz CT molecular complexity index is 556. The van der Waals surface area contributed by atoms with Crippen molar-refractivity contribution in [3.63, 3.8) is 0 Å². The molecule has 3 N–H and O–H groups in total. The first-order valence-corrected chi connectivity index (χ1v) is 8.98. The van der Waals surface area contributed by atoms with E-state index in [1.807, 2.05) is 0 Å². The summed E-state index contributed by atoms with van der Waals surface area (Å²) < 4.78 is 25.4. The van der Waals surface area contributed by atoms with Gasteiger partial charge in [0, 0.05) is 19.5 Å². The first kappa shape index (κ1) is 18.6. The average molecular weight is 327 g/mol. The number of nitrogens with one attached hydrogen (secondary N) is 3. The number of rotatable bonds is 10. The van der Waals surface area contributed by atoms with E-state index >= 15 is 0 Å². The highest BCUT2D eigenvalue weighted by Gasteiger charge is 2.10. The minimum Gasteiger partial charge on any atom is -0.355 e. The maximum atomic E-state index is 11.7. The largest absolute Gasteiger partial charge is 0.355 e. The molecule has 124 valence electrons. The standard InChI is InChI=1S/C15H25N3O3S/c1-3-10-17-11-12-18-15(19)9-6-13-4-7-14(8-5-13)22(20,21)16-2/h4-5,7-8,16-17H,3,6,9-12H2,1-2H3,(H,18,19). The molecule has 0 aliphatic rings. The summed E-state index contributed by atoms with van der Waals surface area (Å²) in [6.45, 7) is 4.45. The third-order valence-corrected chi connectivity index (χ3v) is 4.62. The summed E-state index contributed by atoms with van der Waals surface area (Å²) >= 11 is 0. The van der Waals surface area contributed by atoms with Crippen molar-refractivity contribution in [2.45, 2.75) is 31.1 Å². The topological polar surface area (TPSA) is 87.3 Å². The summed E-state index contributed by atoms with van der Waals surface area (Å²) in [7, 11) is -2.02. The van der Waals surface area contributed by atoms with Crippen LogP contribution in [0.3, 0.4) is 0 Å². The second-order valence-corrected chi connectivity index (χ2v) is 6.84. The second kappa shape index (κ2) is 9.55. The van der Waals surface area contributed by atoms with Crippen molar-refractivity contribution >= 4 is 15.9 Å². The number of amides is 1. The van der Waals surface area contributed by atoms with Crippen molar-refractivity contribution in [2.24, 2.45) is 0 Å². The number of sulfonamides is 1. The molecule has 0 fully saturated rings. The maximum Gasteiger partial charge on any atom is 0.240 e. The fourth-order valence-electron chi connectivity index (χ4n) is 1.89. The van der Waals surface area contributed by atoms with Crippen molar-refractivity contribution in [3.05, 3.63) is 29.8 Å². The molecule has 7 heteroatoms. The molecule has 0 atom stereocenters. The number of carbonyl (C=O) groups is 1. The normalized spacial score (nSPS) is 11.4. The van der Waals surface area contributed by atoms with E-state index in [-0.39, 0.29) is 10.8 Å². The molecule has 0 radical (unpaired) electrons. The highest BCUT2D eigenvalue weighted by Crippen LogP contribution is 2.11. The lowest BCUT2D eigenvalue weighted by atomic mass is 10.1. The van der Waals surface area contributed by atoms with Crippen LogP contribution in [0.15, 0.2) is 29.2 Å². The summed E-state index contributed by atoms with van der Waals surface area (Å²) in [5.41, 5.74) is 0.939. The molecule has 0 aromatic heterocycles. The minimum atomic E-state index is -3.40. The van der Waals surface area contributed by atoms with Gasteiger partial charge in [0.15, 0.2) is 0 Å². The Morgan fingerprint density at radius 2 is 1.77 bits per heavy atom. The van der Waals surface area contributed by atoms with Crippen molar-refractivity contribution in [2.75, 3.05) is 26.7 Å². The van der Waals surface area contributed by atoms with Crippen LogP contribution in [0.1, 0.15) is 25.3 Å². The lowest BCUT2D eigenvalue weighted by Gasteiger charge is -2.07. The van der Waals surface area contributed by atoms with Gasteiger partial charge in [-0.3, -0.25) is 4.79 Å². The lowest BCUT2D eigenvalue weighted by Crippen LogP contribution is -2.32. The van der Waals surface area contributed by atoms with Gasteiger partial charge in [0.05, 0.1) is 4.90 Å². The number of carbonyl (C=O) groups excluding carboxylic acids is 1. The fraction of sp³-hybridized carbons (Fsp3) is 0.533. The second-order valence-electron chi connectivity index (χ2n) is 4.95. The van der Waals surface area contributed by atoms with E-state index in [9.17, 15) is 13.2 Å². The Labute approximate surface area is 132 Å². The van der Waals surface area contributed by atoms with Crippen LogP contribution in [0.2, 0.25) is 0 Å². The Hall–Kier alpha value is -1.44. The summed E-state index contributed by atoms with van der Waals surface area (Å²) in [6.07, 6.45) is 2.06. The number of hydrogen-bond acceptors (Lipinski definition) is 4. The van der Waals surface area contributed by atoms with Crippen LogP contribution in [0.25, 0.3) is 0 Å². The summed E-state index contributed by atoms with van der Waals surface area (Å²) in [6, 6.07) is 6.57. The molecule has 1 aromatic carbocycles. The SMILES string of the molecule is CCCNCCNC(=O)CCc1ccc(S(=O)(=O)NC)cc1. The number of benzene rings is 1. The average Bonchev–Trinajstić information content (AvgIpc) is 2.53. The minimum absolute atomic E-state index is 0.00483. The maximum absolute atomic E-state index is 11.7. The van der Waals surface area contributed by atoms with Crippen LogP contribution in [-0.4, -0.2) is 41.0 Å². The molecule has 0 bridgehead atoms. The van der Waals surface area contributed by atoms with Gasteiger partial charge in [-0.2, -0.15) is 0 Å². The third kappa shape index (κ3) is 6.55. The van der Waals surface area contributed by atoms with E-state index in [1.165, 1.54) is 7.05 Å². The summed E-state index contributed by atoms with van der Waals surface area (Å²) in [5.74, 6) is 0.00483. The Kier molecular flexibility index (Phi) is 8.08. The van der Waals surface area contributed by atoms with E-state index in [1.54, 1.807) is 24.3 Å². The van der Waals surface area contributed by atoms with Crippen molar-refractivity contribution < 1.29 is 13.2 Å². The monoisotopic (exact) mass is 327 g/mol. The quantitative estimate of drug-likeness (QED) is 0.551. The van der Waals surface area contributed by atoms with E-state index < -0.39 is 10.0 Å². The zero-order valence-corrected chi connectivity index (χ0v) is 14.0. The van der Waals surface area contributed by atoms with Crippen molar-refractivity contribution in [3.8, 4) is 0 Å². The molecule has 0 aliphatic heterocycles. The molecule has 22 heavy (non-hydrogen) atoms. The third-order valence-electron chi connectivity index (χ3n) is 3.19. The van der Waals surface area contributed by atoms with Gasteiger partial charge >= 0.3 is 0 Å². The Morgan fingerprint density at radius 1 is 1.09 bits per heavy atom. The van der Waals surface area contributed by atoms with Gasteiger partial charge in [-0.15, -0.1) is 0 Å². The van der Waals surface area contributed by atoms with Gasteiger partial charge < -0.3 is 10.6 Å². The predicted octanol–water partition coefficient (Wildman–Crippen LogP) is 0.643. The number of aryl methyl sites for hydroxylation is 1. The van der Waals surface area contributed by atoms with Crippen LogP contribution >= 0.6 is 0 Å². The molecule has 0 saturated carbocycles. The molecule has 1 rings (SSSR count). The van der Waals surface area contributed by atoms with Crippen LogP contribution in [0.4, 0.5) is 0 Å². The Balaban J connectivity index is 2.34. The van der Waals surface area contributed by atoms with E-state index in [0.717, 1.165) is 25.1 Å². The Morgan fingerprint density at radius 3 is 2.36 bits per heavy atom. The fourth-order valence-corrected chi connectivity index (χ4v) is 2.62. The molecular weight excluding hydrogens is 302 g/mol. The van der Waals surface area contributed by atoms with Gasteiger partial charge in [0.25, 0.3) is 0 Å². The van der Waals surface area contributed by atoms with E-state index in [2.05, 4.69) is 22.3 Å². The molecule has 0 heterocycles. The van der Waals surface area contributed by atoms with Crippen LogP contribution in [0, 0.1) is 0 Å². The highest BCUT2D eigenvalue weighted by molar-refractivity contribution is 7.89.